The zero-order valence-corrected chi connectivity index (χ0v) is 21.3. The maximum Gasteiger partial charge on any atom is 0.252 e. The number of rotatable bonds is 10. The van der Waals surface area contributed by atoms with Crippen molar-refractivity contribution in [2.45, 2.75) is 6.04 Å². The van der Waals surface area contributed by atoms with Crippen molar-refractivity contribution < 1.29 is 9.59 Å². The predicted octanol–water partition coefficient (Wildman–Crippen LogP) is 2.44. The van der Waals surface area contributed by atoms with Crippen LogP contribution in [0.5, 0.6) is 0 Å². The molecular formula is C28H29N9O2. The highest BCUT2D eigenvalue weighted by Gasteiger charge is 2.25. The van der Waals surface area contributed by atoms with Crippen LogP contribution in [0.3, 0.4) is 0 Å². The van der Waals surface area contributed by atoms with E-state index in [9.17, 15) is 9.59 Å². The number of benzene rings is 2. The van der Waals surface area contributed by atoms with Gasteiger partial charge in [0, 0.05) is 53.5 Å². The molecule has 0 fully saturated rings. The number of nitrogens with zero attached hydrogens (tertiary/aromatic N) is 4. The molecule has 4 aromatic rings. The van der Waals surface area contributed by atoms with Gasteiger partial charge in [-0.3, -0.25) is 14.6 Å². The number of para-hydroxylation sites is 1. The van der Waals surface area contributed by atoms with Crippen molar-refractivity contribution in [1.29, 1.82) is 0 Å². The Morgan fingerprint density at radius 1 is 1.10 bits per heavy atom. The average Bonchev–Trinajstić information content (AvgIpc) is 3.39. The van der Waals surface area contributed by atoms with Crippen molar-refractivity contribution in [2.75, 3.05) is 18.5 Å². The number of H-pyrrole nitrogens is 1. The highest BCUT2D eigenvalue weighted by Crippen LogP contribution is 2.23. The number of fused-ring (bicyclic) bond motifs is 1. The standard InChI is InChI=1S/C28H29N9O2/c1-18(11-14-32-27(30)31-2)23-16-20-15-19(9-10-22(20)35-23)26(39)36-24(25(29)38)17-37(21-7-4-3-5-8-21)28-33-12-6-13-34-28/h3-16,24,35H,1,17H2,2H3,(H2,29,38)(H,36,39)(H3,30,31,32)/b14-11-/t24-/m0/s1. The van der Waals surface area contributed by atoms with Crippen LogP contribution in [0, 0.1) is 0 Å². The van der Waals surface area contributed by atoms with Crippen molar-refractivity contribution in [3.05, 3.63) is 103 Å². The second kappa shape index (κ2) is 12.2. The number of amides is 2. The first-order chi connectivity index (χ1) is 18.9. The molecule has 0 unspecified atom stereocenters. The number of hydrogen-bond donors (Lipinski definition) is 5. The quantitative estimate of drug-likeness (QED) is 0.121. The van der Waals surface area contributed by atoms with Gasteiger partial charge in [-0.1, -0.05) is 24.8 Å². The molecule has 7 N–H and O–H groups in total. The Morgan fingerprint density at radius 3 is 2.54 bits per heavy atom. The lowest BCUT2D eigenvalue weighted by Crippen LogP contribution is -2.50. The molecule has 0 radical (unpaired) electrons. The molecule has 39 heavy (non-hydrogen) atoms. The SMILES string of the molecule is C=C(/C=C\NC(N)=NC)c1cc2cc(C(=O)N[C@@H](CN(c3ccccc3)c3ncccn3)C(N)=O)ccc2[nH]1. The van der Waals surface area contributed by atoms with Gasteiger partial charge < -0.3 is 32.0 Å². The first-order valence-corrected chi connectivity index (χ1v) is 12.0. The Bertz CT molecular complexity index is 1490. The molecule has 11 heteroatoms. The average molecular weight is 524 g/mol. The summed E-state index contributed by atoms with van der Waals surface area (Å²) in [6.45, 7) is 4.09. The van der Waals surface area contributed by atoms with Gasteiger partial charge in [-0.2, -0.15) is 0 Å². The summed E-state index contributed by atoms with van der Waals surface area (Å²) in [5, 5.41) is 6.38. The zero-order valence-electron chi connectivity index (χ0n) is 21.3. The minimum Gasteiger partial charge on any atom is -0.370 e. The molecule has 2 aromatic carbocycles. The fraction of sp³-hybridized carbons (Fsp3) is 0.107. The topological polar surface area (TPSA) is 167 Å². The third-order valence-corrected chi connectivity index (χ3v) is 5.86. The van der Waals surface area contributed by atoms with E-state index in [4.69, 9.17) is 11.5 Å². The number of hydrogen-bond acceptors (Lipinski definition) is 6. The molecule has 0 saturated heterocycles. The number of aromatic amines is 1. The molecule has 2 aromatic heterocycles. The number of primary amides is 1. The molecule has 198 valence electrons. The van der Waals surface area contributed by atoms with Crippen LogP contribution in [0.1, 0.15) is 16.1 Å². The molecular weight excluding hydrogens is 494 g/mol. The highest BCUT2D eigenvalue weighted by molar-refractivity contribution is 6.01. The van der Waals surface area contributed by atoms with Crippen LogP contribution in [-0.4, -0.2) is 52.4 Å². The summed E-state index contributed by atoms with van der Waals surface area (Å²) in [6, 6.07) is 17.1. The molecule has 1 atom stereocenters. The molecule has 2 heterocycles. The van der Waals surface area contributed by atoms with Gasteiger partial charge in [0.15, 0.2) is 5.96 Å². The van der Waals surface area contributed by atoms with Crippen LogP contribution in [0.2, 0.25) is 0 Å². The lowest BCUT2D eigenvalue weighted by atomic mass is 10.1. The smallest absolute Gasteiger partial charge is 0.252 e. The largest absolute Gasteiger partial charge is 0.370 e. The number of guanidine groups is 1. The zero-order chi connectivity index (χ0) is 27.8. The molecule has 4 rings (SSSR count). The number of aliphatic imine (C=N–C) groups is 1. The van der Waals surface area contributed by atoms with Crippen molar-refractivity contribution in [1.82, 2.24) is 25.6 Å². The Morgan fingerprint density at radius 2 is 1.85 bits per heavy atom. The predicted molar refractivity (Wildman–Crippen MR) is 153 cm³/mol. The maximum atomic E-state index is 13.2. The third-order valence-electron chi connectivity index (χ3n) is 5.86. The highest BCUT2D eigenvalue weighted by atomic mass is 16.2. The lowest BCUT2D eigenvalue weighted by Gasteiger charge is -2.26. The summed E-state index contributed by atoms with van der Waals surface area (Å²) in [5.74, 6) is -0.471. The van der Waals surface area contributed by atoms with E-state index in [1.807, 2.05) is 36.4 Å². The van der Waals surface area contributed by atoms with E-state index in [-0.39, 0.29) is 12.5 Å². The number of carbonyl (C=O) groups excluding carboxylic acids is 2. The first-order valence-electron chi connectivity index (χ1n) is 12.0. The molecule has 0 saturated carbocycles. The van der Waals surface area contributed by atoms with Gasteiger partial charge in [0.1, 0.15) is 6.04 Å². The number of allylic oxidation sites excluding steroid dienone is 2. The number of nitrogens with one attached hydrogen (secondary N) is 3. The van der Waals surface area contributed by atoms with Gasteiger partial charge in [0.2, 0.25) is 11.9 Å². The summed E-state index contributed by atoms with van der Waals surface area (Å²) >= 11 is 0. The maximum absolute atomic E-state index is 13.2. The Hall–Kier alpha value is -5.45. The monoisotopic (exact) mass is 523 g/mol. The molecule has 11 nitrogen and oxygen atoms in total. The van der Waals surface area contributed by atoms with E-state index in [1.165, 1.54) is 0 Å². The summed E-state index contributed by atoms with van der Waals surface area (Å²) in [6.07, 6.45) is 6.60. The van der Waals surface area contributed by atoms with Gasteiger partial charge in [-0.05, 0) is 54.1 Å². The van der Waals surface area contributed by atoms with E-state index in [1.54, 1.807) is 60.9 Å². The minimum atomic E-state index is -1.02. The Labute approximate surface area is 225 Å². The molecule has 0 aliphatic carbocycles. The normalized spacial score (nSPS) is 12.3. The Kier molecular flexibility index (Phi) is 8.32. The van der Waals surface area contributed by atoms with Crippen LogP contribution in [0.25, 0.3) is 16.5 Å². The van der Waals surface area contributed by atoms with Crippen LogP contribution in [0.15, 0.2) is 96.9 Å². The summed E-state index contributed by atoms with van der Waals surface area (Å²) in [7, 11) is 1.58. The first kappa shape index (κ1) is 26.6. The number of carbonyl (C=O) groups is 2. The molecule has 0 spiro atoms. The third kappa shape index (κ3) is 6.66. The molecule has 0 aliphatic heterocycles. The second-order valence-corrected chi connectivity index (χ2v) is 8.52. The van der Waals surface area contributed by atoms with Crippen LogP contribution in [-0.2, 0) is 4.79 Å². The van der Waals surface area contributed by atoms with Crippen molar-refractivity contribution in [3.63, 3.8) is 0 Å². The summed E-state index contributed by atoms with van der Waals surface area (Å²) in [5.41, 5.74) is 14.7. The number of nitrogens with two attached hydrogens (primary N) is 2. The van der Waals surface area contributed by atoms with Crippen molar-refractivity contribution >= 4 is 45.9 Å². The van der Waals surface area contributed by atoms with E-state index in [2.05, 4.69) is 37.2 Å². The van der Waals surface area contributed by atoms with E-state index < -0.39 is 17.9 Å². The number of anilines is 2. The van der Waals surface area contributed by atoms with Gasteiger partial charge in [-0.15, -0.1) is 0 Å². The van der Waals surface area contributed by atoms with E-state index in [0.717, 1.165) is 22.3 Å². The fourth-order valence-electron chi connectivity index (χ4n) is 3.80. The van der Waals surface area contributed by atoms with Crippen LogP contribution in [0.4, 0.5) is 11.6 Å². The van der Waals surface area contributed by atoms with Crippen molar-refractivity contribution in [3.8, 4) is 0 Å². The molecule has 2 amide bonds. The van der Waals surface area contributed by atoms with Gasteiger partial charge in [0.25, 0.3) is 5.91 Å². The van der Waals surface area contributed by atoms with Crippen LogP contribution < -0.4 is 27.0 Å². The van der Waals surface area contributed by atoms with E-state index >= 15 is 0 Å². The molecule has 0 bridgehead atoms. The minimum absolute atomic E-state index is 0.0408. The van der Waals surface area contributed by atoms with Crippen molar-refractivity contribution in [2.24, 2.45) is 16.5 Å². The van der Waals surface area contributed by atoms with Crippen LogP contribution >= 0.6 is 0 Å². The lowest BCUT2D eigenvalue weighted by molar-refractivity contribution is -0.119. The van der Waals surface area contributed by atoms with Gasteiger partial charge >= 0.3 is 0 Å². The molecule has 0 aliphatic rings. The Balaban J connectivity index is 1.52. The van der Waals surface area contributed by atoms with E-state index in [0.29, 0.717) is 17.1 Å². The summed E-state index contributed by atoms with van der Waals surface area (Å²) in [4.78, 5) is 43.0. The fourth-order valence-corrected chi connectivity index (χ4v) is 3.80. The second-order valence-electron chi connectivity index (χ2n) is 8.52. The summed E-state index contributed by atoms with van der Waals surface area (Å²) < 4.78 is 0. The van der Waals surface area contributed by atoms with Gasteiger partial charge in [-0.25, -0.2) is 9.97 Å². The van der Waals surface area contributed by atoms with Gasteiger partial charge in [0.05, 0.1) is 6.54 Å². The number of aromatic nitrogens is 3.